The Hall–Kier alpha value is -1.13. The van der Waals surface area contributed by atoms with Crippen LogP contribution in [0.4, 0.5) is 4.39 Å². The summed E-state index contributed by atoms with van der Waals surface area (Å²) in [5.74, 6) is 0.397. The molecule has 1 fully saturated rings. The first-order valence-electron chi connectivity index (χ1n) is 6.66. The van der Waals surface area contributed by atoms with Crippen molar-refractivity contribution in [1.29, 1.82) is 0 Å². The molecule has 102 valence electrons. The monoisotopic (exact) mass is 282 g/mol. The van der Waals surface area contributed by atoms with Crippen LogP contribution < -0.4 is 5.73 Å². The zero-order valence-electron chi connectivity index (χ0n) is 10.5. The summed E-state index contributed by atoms with van der Waals surface area (Å²) in [6.45, 7) is 0. The lowest BCUT2D eigenvalue weighted by atomic mass is 9.84. The molecule has 2 aromatic rings. The maximum Gasteiger partial charge on any atom is 0.212 e. The Kier molecular flexibility index (Phi) is 3.46. The molecule has 1 aliphatic rings. The summed E-state index contributed by atoms with van der Waals surface area (Å²) in [7, 11) is 0. The average molecular weight is 283 g/mol. The third-order valence-electron chi connectivity index (χ3n) is 3.89. The van der Waals surface area contributed by atoms with Gasteiger partial charge in [0.25, 0.3) is 0 Å². The molecule has 0 amide bonds. The maximum atomic E-state index is 13.4. The van der Waals surface area contributed by atoms with Crippen LogP contribution in [0.15, 0.2) is 16.5 Å². The van der Waals surface area contributed by atoms with Gasteiger partial charge in [0.1, 0.15) is 11.3 Å². The zero-order valence-corrected chi connectivity index (χ0v) is 11.3. The topological polar surface area (TPSA) is 52.0 Å². The van der Waals surface area contributed by atoms with E-state index in [0.717, 1.165) is 12.8 Å². The fraction of sp³-hybridized carbons (Fsp3) is 0.500. The van der Waals surface area contributed by atoms with E-state index in [4.69, 9.17) is 21.8 Å². The Labute approximate surface area is 115 Å². The van der Waals surface area contributed by atoms with E-state index in [9.17, 15) is 4.39 Å². The lowest BCUT2D eigenvalue weighted by Crippen LogP contribution is -2.23. The molecule has 3 nitrogen and oxygen atoms in total. The summed E-state index contributed by atoms with van der Waals surface area (Å²) in [6, 6.07) is 2.53. The minimum Gasteiger partial charge on any atom is -0.439 e. The van der Waals surface area contributed by atoms with Crippen molar-refractivity contribution >= 4 is 22.7 Å². The summed E-state index contributed by atoms with van der Waals surface area (Å²) in [5.41, 5.74) is 7.20. The van der Waals surface area contributed by atoms with E-state index in [2.05, 4.69) is 4.98 Å². The predicted octanol–water partition coefficient (Wildman–Crippen LogP) is 4.20. The standard InChI is InChI=1S/C14H16ClFN2O/c15-9-6-11-12(7-10(9)16)19-14(18-11)13(17)8-4-2-1-3-5-8/h6-8,13H,1-5,17H2. The molecule has 3 rings (SSSR count). The first-order chi connectivity index (χ1) is 9.15. The highest BCUT2D eigenvalue weighted by molar-refractivity contribution is 6.31. The maximum absolute atomic E-state index is 13.4. The number of hydrogen-bond donors (Lipinski definition) is 1. The number of oxazole rings is 1. The molecule has 1 aliphatic carbocycles. The molecule has 1 saturated carbocycles. The van der Waals surface area contributed by atoms with Gasteiger partial charge in [-0.15, -0.1) is 0 Å². The second-order valence-electron chi connectivity index (χ2n) is 5.21. The molecule has 1 aromatic carbocycles. The normalized spacial score (nSPS) is 18.9. The van der Waals surface area contributed by atoms with Gasteiger partial charge in [-0.25, -0.2) is 9.37 Å². The lowest BCUT2D eigenvalue weighted by Gasteiger charge is -2.25. The Morgan fingerprint density at radius 3 is 2.79 bits per heavy atom. The van der Waals surface area contributed by atoms with Crippen molar-refractivity contribution < 1.29 is 8.81 Å². The number of rotatable bonds is 2. The molecule has 1 unspecified atom stereocenters. The highest BCUT2D eigenvalue weighted by atomic mass is 35.5. The average Bonchev–Trinajstić information content (AvgIpc) is 2.82. The van der Waals surface area contributed by atoms with E-state index >= 15 is 0 Å². The summed E-state index contributed by atoms with van der Waals surface area (Å²) in [5, 5.41) is 0.0542. The van der Waals surface area contributed by atoms with Gasteiger partial charge in [0.15, 0.2) is 5.58 Å². The Morgan fingerprint density at radius 2 is 2.05 bits per heavy atom. The van der Waals surface area contributed by atoms with Crippen LogP contribution in [0.2, 0.25) is 5.02 Å². The van der Waals surface area contributed by atoms with Gasteiger partial charge in [0.2, 0.25) is 5.89 Å². The van der Waals surface area contributed by atoms with Gasteiger partial charge in [-0.05, 0) is 24.8 Å². The van der Waals surface area contributed by atoms with Crippen LogP contribution in [0.1, 0.15) is 44.0 Å². The van der Waals surface area contributed by atoms with Crippen molar-refractivity contribution in [2.75, 3.05) is 0 Å². The minimum absolute atomic E-state index is 0.0542. The van der Waals surface area contributed by atoms with Gasteiger partial charge in [-0.1, -0.05) is 30.9 Å². The first kappa shape index (κ1) is 12.9. The van der Waals surface area contributed by atoms with Gasteiger partial charge in [-0.3, -0.25) is 0 Å². The van der Waals surface area contributed by atoms with Gasteiger partial charge in [0, 0.05) is 6.07 Å². The quantitative estimate of drug-likeness (QED) is 0.898. The first-order valence-corrected chi connectivity index (χ1v) is 7.04. The SMILES string of the molecule is NC(c1nc2cc(Cl)c(F)cc2o1)C1CCCCC1. The number of fused-ring (bicyclic) bond motifs is 1. The molecule has 2 N–H and O–H groups in total. The van der Waals surface area contributed by atoms with Crippen LogP contribution in [0, 0.1) is 11.7 Å². The molecular weight excluding hydrogens is 267 g/mol. The third kappa shape index (κ3) is 2.47. The fourth-order valence-corrected chi connectivity index (χ4v) is 2.94. The molecule has 0 spiro atoms. The van der Waals surface area contributed by atoms with Gasteiger partial charge in [0.05, 0.1) is 11.1 Å². The largest absolute Gasteiger partial charge is 0.439 e. The van der Waals surface area contributed by atoms with E-state index < -0.39 is 5.82 Å². The molecule has 5 heteroatoms. The summed E-state index contributed by atoms with van der Waals surface area (Å²) >= 11 is 5.74. The van der Waals surface area contributed by atoms with Crippen molar-refractivity contribution in [1.82, 2.24) is 4.98 Å². The fourth-order valence-electron chi connectivity index (χ4n) is 2.78. The van der Waals surface area contributed by atoms with E-state index in [-0.39, 0.29) is 11.1 Å². The van der Waals surface area contributed by atoms with Crippen molar-refractivity contribution in [3.63, 3.8) is 0 Å². The second-order valence-corrected chi connectivity index (χ2v) is 5.62. The van der Waals surface area contributed by atoms with Crippen molar-refractivity contribution in [2.45, 2.75) is 38.1 Å². The van der Waals surface area contributed by atoms with Crippen molar-refractivity contribution in [2.24, 2.45) is 11.7 Å². The molecule has 0 radical (unpaired) electrons. The van der Waals surface area contributed by atoms with E-state index in [1.165, 1.54) is 31.4 Å². The van der Waals surface area contributed by atoms with Crippen molar-refractivity contribution in [3.8, 4) is 0 Å². The van der Waals surface area contributed by atoms with E-state index in [1.807, 2.05) is 0 Å². The summed E-state index contributed by atoms with van der Waals surface area (Å²) in [6.07, 6.45) is 5.90. The smallest absolute Gasteiger partial charge is 0.212 e. The minimum atomic E-state index is -0.497. The molecule has 1 aromatic heterocycles. The number of hydrogen-bond acceptors (Lipinski definition) is 3. The molecular formula is C14H16ClFN2O. The number of nitrogens with zero attached hydrogens (tertiary/aromatic N) is 1. The Morgan fingerprint density at radius 1 is 1.32 bits per heavy atom. The molecule has 19 heavy (non-hydrogen) atoms. The highest BCUT2D eigenvalue weighted by Crippen LogP contribution is 2.34. The summed E-state index contributed by atoms with van der Waals surface area (Å²) in [4.78, 5) is 4.35. The molecule has 0 bridgehead atoms. The van der Waals surface area contributed by atoms with Crippen LogP contribution >= 0.6 is 11.6 Å². The van der Waals surface area contributed by atoms with Crippen LogP contribution in [0.3, 0.4) is 0 Å². The van der Waals surface area contributed by atoms with E-state index in [1.54, 1.807) is 0 Å². The molecule has 1 heterocycles. The Balaban J connectivity index is 1.91. The summed E-state index contributed by atoms with van der Waals surface area (Å²) < 4.78 is 18.9. The van der Waals surface area contributed by atoms with Crippen LogP contribution in [0.25, 0.3) is 11.1 Å². The number of aromatic nitrogens is 1. The van der Waals surface area contributed by atoms with Gasteiger partial charge < -0.3 is 10.2 Å². The number of benzene rings is 1. The van der Waals surface area contributed by atoms with E-state index in [0.29, 0.717) is 22.9 Å². The Bertz CT molecular complexity index is 553. The predicted molar refractivity (Wildman–Crippen MR) is 72.5 cm³/mol. The second kappa shape index (κ2) is 5.10. The van der Waals surface area contributed by atoms with Crippen LogP contribution in [-0.2, 0) is 0 Å². The molecule has 0 aliphatic heterocycles. The number of halogens is 2. The van der Waals surface area contributed by atoms with Crippen LogP contribution in [0.5, 0.6) is 0 Å². The lowest BCUT2D eigenvalue weighted by molar-refractivity contribution is 0.278. The molecule has 1 atom stereocenters. The molecule has 0 saturated heterocycles. The van der Waals surface area contributed by atoms with Gasteiger partial charge in [-0.2, -0.15) is 0 Å². The van der Waals surface area contributed by atoms with Crippen LogP contribution in [-0.4, -0.2) is 4.98 Å². The number of nitrogens with two attached hydrogens (primary N) is 1. The van der Waals surface area contributed by atoms with Crippen molar-refractivity contribution in [3.05, 3.63) is 28.9 Å². The highest BCUT2D eigenvalue weighted by Gasteiger charge is 2.26. The third-order valence-corrected chi connectivity index (χ3v) is 4.18. The van der Waals surface area contributed by atoms with Gasteiger partial charge >= 0.3 is 0 Å². The zero-order chi connectivity index (χ0) is 13.4.